The van der Waals surface area contributed by atoms with Crippen LogP contribution in [0.4, 0.5) is 11.5 Å². The molecule has 0 unspecified atom stereocenters. The van der Waals surface area contributed by atoms with Crippen molar-refractivity contribution in [1.82, 2.24) is 24.5 Å². The summed E-state index contributed by atoms with van der Waals surface area (Å²) in [5.41, 5.74) is 0.133. The summed E-state index contributed by atoms with van der Waals surface area (Å²) in [6, 6.07) is 0. The summed E-state index contributed by atoms with van der Waals surface area (Å²) in [5.74, 6) is -0.386. The summed E-state index contributed by atoms with van der Waals surface area (Å²) in [5, 5.41) is 19.6. The van der Waals surface area contributed by atoms with Crippen LogP contribution in [0.3, 0.4) is 0 Å². The maximum Gasteiger partial charge on any atom is 0.343 e. The Morgan fingerprint density at radius 3 is 2.76 bits per heavy atom. The van der Waals surface area contributed by atoms with Crippen molar-refractivity contribution in [3.8, 4) is 5.82 Å². The van der Waals surface area contributed by atoms with Crippen molar-refractivity contribution >= 4 is 23.8 Å². The topological polar surface area (TPSA) is 121 Å². The molecule has 0 aliphatic rings. The van der Waals surface area contributed by atoms with E-state index in [0.29, 0.717) is 0 Å². The fourth-order valence-electron chi connectivity index (χ4n) is 2.23. The van der Waals surface area contributed by atoms with Gasteiger partial charge in [-0.05, 0) is 13.8 Å². The molecule has 134 valence electrons. The fraction of sp³-hybridized carbons (Fsp3) is 0.429. The molecule has 0 aromatic carbocycles. The number of hydrogen-bond acceptors (Lipinski definition) is 7. The van der Waals surface area contributed by atoms with Crippen molar-refractivity contribution in [2.24, 2.45) is 12.0 Å². The van der Waals surface area contributed by atoms with Gasteiger partial charge in [-0.2, -0.15) is 14.9 Å². The van der Waals surface area contributed by atoms with Gasteiger partial charge in [-0.15, -0.1) is 0 Å². The first-order valence-electron chi connectivity index (χ1n) is 7.42. The second-order valence-electron chi connectivity index (χ2n) is 5.36. The monoisotopic (exact) mass is 349 g/mol. The lowest BCUT2D eigenvalue weighted by Crippen LogP contribution is -2.11. The molecule has 0 spiro atoms. The van der Waals surface area contributed by atoms with Crippen LogP contribution in [0.2, 0.25) is 0 Å². The number of aryl methyl sites for hydroxylation is 2. The Morgan fingerprint density at radius 2 is 2.20 bits per heavy atom. The molecule has 0 bridgehead atoms. The Hall–Kier alpha value is -3.24. The number of ether oxygens (including phenoxy) is 1. The first-order valence-corrected chi connectivity index (χ1v) is 7.42. The molecule has 11 heteroatoms. The second kappa shape index (κ2) is 7.11. The van der Waals surface area contributed by atoms with Gasteiger partial charge in [0.1, 0.15) is 11.3 Å². The number of hydrogen-bond donors (Lipinski definition) is 0. The van der Waals surface area contributed by atoms with Crippen LogP contribution in [0.15, 0.2) is 11.2 Å². The SMILES string of the molecule is CCOC(=O)c1cnn(-c2c([N+](=O)[O-])c(C)nn2C)c1N=CN(C)C. The van der Waals surface area contributed by atoms with Gasteiger partial charge in [-0.1, -0.05) is 0 Å². The number of nitro groups is 1. The molecular formula is C14H19N7O4. The van der Waals surface area contributed by atoms with E-state index in [1.807, 2.05) is 0 Å². The molecule has 0 atom stereocenters. The summed E-state index contributed by atoms with van der Waals surface area (Å²) >= 11 is 0. The van der Waals surface area contributed by atoms with Crippen LogP contribution >= 0.6 is 0 Å². The van der Waals surface area contributed by atoms with Crippen LogP contribution in [-0.2, 0) is 11.8 Å². The predicted octanol–water partition coefficient (Wildman–Crippen LogP) is 1.22. The molecule has 2 heterocycles. The van der Waals surface area contributed by atoms with Gasteiger partial charge in [0.05, 0.1) is 24.1 Å². The summed E-state index contributed by atoms with van der Waals surface area (Å²) in [4.78, 5) is 28.9. The highest BCUT2D eigenvalue weighted by atomic mass is 16.6. The average Bonchev–Trinajstić information content (AvgIpc) is 3.05. The Kier molecular flexibility index (Phi) is 5.15. The van der Waals surface area contributed by atoms with Crippen molar-refractivity contribution in [2.75, 3.05) is 20.7 Å². The van der Waals surface area contributed by atoms with Crippen molar-refractivity contribution < 1.29 is 14.5 Å². The number of rotatable bonds is 6. The van der Waals surface area contributed by atoms with Gasteiger partial charge in [-0.3, -0.25) is 10.1 Å². The average molecular weight is 349 g/mol. The van der Waals surface area contributed by atoms with Crippen LogP contribution in [0, 0.1) is 17.0 Å². The van der Waals surface area contributed by atoms with Crippen molar-refractivity contribution in [1.29, 1.82) is 0 Å². The molecule has 2 aromatic heterocycles. The van der Waals surface area contributed by atoms with Gasteiger partial charge < -0.3 is 9.64 Å². The number of esters is 1. The quantitative estimate of drug-likeness (QED) is 0.253. The van der Waals surface area contributed by atoms with E-state index in [-0.39, 0.29) is 35.2 Å². The summed E-state index contributed by atoms with van der Waals surface area (Å²) in [6.07, 6.45) is 2.73. The molecule has 25 heavy (non-hydrogen) atoms. The molecule has 0 radical (unpaired) electrons. The molecular weight excluding hydrogens is 330 g/mol. The predicted molar refractivity (Wildman–Crippen MR) is 89.5 cm³/mol. The zero-order valence-corrected chi connectivity index (χ0v) is 14.6. The molecule has 0 N–H and O–H groups in total. The molecule has 0 amide bonds. The van der Waals surface area contributed by atoms with E-state index in [2.05, 4.69) is 15.2 Å². The minimum atomic E-state index is -0.610. The normalized spacial score (nSPS) is 11.1. The van der Waals surface area contributed by atoms with E-state index in [1.165, 1.54) is 28.8 Å². The Labute approximate surface area is 143 Å². The standard InChI is InChI=1S/C14H19N7O4/c1-6-25-14(22)10-7-16-20(12(10)15-8-18(3)4)13-11(21(23)24)9(2)17-19(13)5/h7-8H,6H2,1-5H3. The largest absolute Gasteiger partial charge is 0.462 e. The molecule has 0 fully saturated rings. The van der Waals surface area contributed by atoms with E-state index in [0.717, 1.165) is 0 Å². The van der Waals surface area contributed by atoms with Crippen LogP contribution in [0.5, 0.6) is 0 Å². The van der Waals surface area contributed by atoms with Crippen LogP contribution in [0.25, 0.3) is 5.82 Å². The number of aliphatic imine (C=N–C) groups is 1. The van der Waals surface area contributed by atoms with Crippen LogP contribution in [0.1, 0.15) is 23.0 Å². The third kappa shape index (κ3) is 3.49. The van der Waals surface area contributed by atoms with E-state index in [1.54, 1.807) is 33.0 Å². The molecule has 11 nitrogen and oxygen atoms in total. The number of nitrogens with zero attached hydrogens (tertiary/aromatic N) is 7. The fourth-order valence-corrected chi connectivity index (χ4v) is 2.23. The first-order chi connectivity index (χ1) is 11.8. The number of carbonyl (C=O) groups excluding carboxylic acids is 1. The maximum absolute atomic E-state index is 12.1. The second-order valence-corrected chi connectivity index (χ2v) is 5.36. The molecule has 2 aromatic rings. The zero-order valence-electron chi connectivity index (χ0n) is 14.6. The number of aromatic nitrogens is 4. The molecule has 2 rings (SSSR count). The highest BCUT2D eigenvalue weighted by molar-refractivity contribution is 5.94. The minimum Gasteiger partial charge on any atom is -0.462 e. The Balaban J connectivity index is 2.71. The summed E-state index contributed by atoms with van der Waals surface area (Å²) in [6.45, 7) is 3.40. The van der Waals surface area contributed by atoms with Crippen molar-refractivity contribution in [3.63, 3.8) is 0 Å². The molecule has 0 saturated carbocycles. The maximum atomic E-state index is 12.1. The lowest BCUT2D eigenvalue weighted by atomic mass is 10.3. The third-order valence-corrected chi connectivity index (χ3v) is 3.19. The summed E-state index contributed by atoms with van der Waals surface area (Å²) in [7, 11) is 5.07. The van der Waals surface area contributed by atoms with Gasteiger partial charge in [0.25, 0.3) is 0 Å². The van der Waals surface area contributed by atoms with Crippen LogP contribution < -0.4 is 0 Å². The van der Waals surface area contributed by atoms with Crippen molar-refractivity contribution in [2.45, 2.75) is 13.8 Å². The van der Waals surface area contributed by atoms with Gasteiger partial charge in [0.2, 0.25) is 5.82 Å². The van der Waals surface area contributed by atoms with E-state index in [9.17, 15) is 14.9 Å². The zero-order chi connectivity index (χ0) is 18.7. The Morgan fingerprint density at radius 1 is 1.52 bits per heavy atom. The lowest BCUT2D eigenvalue weighted by molar-refractivity contribution is -0.385. The minimum absolute atomic E-state index is 0.101. The molecule has 0 saturated heterocycles. The first kappa shape index (κ1) is 18.1. The molecule has 0 aliphatic carbocycles. The van der Waals surface area contributed by atoms with Gasteiger partial charge in [-0.25, -0.2) is 14.5 Å². The summed E-state index contributed by atoms with van der Waals surface area (Å²) < 4.78 is 7.54. The molecule has 0 aliphatic heterocycles. The van der Waals surface area contributed by atoms with Gasteiger partial charge >= 0.3 is 11.7 Å². The van der Waals surface area contributed by atoms with Crippen molar-refractivity contribution in [3.05, 3.63) is 27.6 Å². The van der Waals surface area contributed by atoms with Gasteiger partial charge in [0, 0.05) is 21.1 Å². The third-order valence-electron chi connectivity index (χ3n) is 3.19. The lowest BCUT2D eigenvalue weighted by Gasteiger charge is -2.07. The number of carbonyl (C=O) groups is 1. The highest BCUT2D eigenvalue weighted by Crippen LogP contribution is 2.31. The Bertz CT molecular complexity index is 835. The smallest absolute Gasteiger partial charge is 0.343 e. The van der Waals surface area contributed by atoms with E-state index in [4.69, 9.17) is 4.74 Å². The van der Waals surface area contributed by atoms with Gasteiger partial charge in [0.15, 0.2) is 5.82 Å². The van der Waals surface area contributed by atoms with E-state index >= 15 is 0 Å². The van der Waals surface area contributed by atoms with Crippen LogP contribution in [-0.4, -0.2) is 62.4 Å². The van der Waals surface area contributed by atoms with E-state index < -0.39 is 10.9 Å². The highest BCUT2D eigenvalue weighted by Gasteiger charge is 2.30.